The van der Waals surface area contributed by atoms with E-state index >= 15 is 0 Å². The number of rotatable bonds is 12. The Morgan fingerprint density at radius 1 is 1.13 bits per heavy atom. The molecule has 2 aromatic rings. The number of nitrogens with one attached hydrogen (secondary N) is 1. The second-order valence-corrected chi connectivity index (χ2v) is 8.94. The zero-order valence-electron chi connectivity index (χ0n) is 18.1. The zero-order valence-corrected chi connectivity index (χ0v) is 19.6. The van der Waals surface area contributed by atoms with Crippen LogP contribution in [0.4, 0.5) is 4.39 Å². The Morgan fingerprint density at radius 2 is 1.84 bits per heavy atom. The highest BCUT2D eigenvalue weighted by atomic mass is 35.5. The molecule has 2 aromatic carbocycles. The van der Waals surface area contributed by atoms with Gasteiger partial charge in [0, 0.05) is 35.0 Å². The smallest absolute Gasteiger partial charge is 0.242 e. The van der Waals surface area contributed by atoms with E-state index in [0.717, 1.165) is 23.5 Å². The minimum atomic E-state index is -0.673. The highest BCUT2D eigenvalue weighted by Gasteiger charge is 2.26. The topological polar surface area (TPSA) is 49.4 Å². The fourth-order valence-corrected chi connectivity index (χ4v) is 4.00. The van der Waals surface area contributed by atoms with Crippen molar-refractivity contribution in [1.29, 1.82) is 0 Å². The van der Waals surface area contributed by atoms with E-state index in [4.69, 9.17) is 11.6 Å². The van der Waals surface area contributed by atoms with Gasteiger partial charge in [0.2, 0.25) is 11.8 Å². The maximum atomic E-state index is 14.2. The summed E-state index contributed by atoms with van der Waals surface area (Å²) < 4.78 is 14.2. The lowest BCUT2D eigenvalue weighted by Gasteiger charge is -2.29. The minimum Gasteiger partial charge on any atom is -0.354 e. The Kier molecular flexibility index (Phi) is 10.9. The summed E-state index contributed by atoms with van der Waals surface area (Å²) in [6.45, 7) is 4.38. The number of benzene rings is 2. The average Bonchev–Trinajstić information content (AvgIpc) is 2.77. The first-order valence-corrected chi connectivity index (χ1v) is 12.0. The maximum absolute atomic E-state index is 14.2. The van der Waals surface area contributed by atoms with E-state index in [1.54, 1.807) is 36.9 Å². The molecule has 31 heavy (non-hydrogen) atoms. The van der Waals surface area contributed by atoms with Crippen molar-refractivity contribution < 1.29 is 14.0 Å². The Morgan fingerprint density at radius 3 is 2.52 bits per heavy atom. The van der Waals surface area contributed by atoms with Gasteiger partial charge in [0.25, 0.3) is 0 Å². The maximum Gasteiger partial charge on any atom is 0.242 e. The van der Waals surface area contributed by atoms with Gasteiger partial charge in [-0.2, -0.15) is 0 Å². The van der Waals surface area contributed by atoms with Gasteiger partial charge in [-0.3, -0.25) is 9.59 Å². The Bertz CT molecular complexity index is 848. The van der Waals surface area contributed by atoms with Gasteiger partial charge in [-0.15, -0.1) is 11.8 Å². The first-order chi connectivity index (χ1) is 14.9. The van der Waals surface area contributed by atoms with Gasteiger partial charge in [0.1, 0.15) is 11.9 Å². The predicted octanol–water partition coefficient (Wildman–Crippen LogP) is 5.69. The molecule has 0 spiro atoms. The molecule has 168 valence electrons. The van der Waals surface area contributed by atoms with Crippen LogP contribution in [-0.2, 0) is 16.1 Å². The summed E-state index contributed by atoms with van der Waals surface area (Å²) in [7, 11) is 0. The van der Waals surface area contributed by atoms with Crippen LogP contribution in [0.3, 0.4) is 0 Å². The molecule has 0 heterocycles. The van der Waals surface area contributed by atoms with Crippen LogP contribution in [-0.4, -0.2) is 35.1 Å². The largest absolute Gasteiger partial charge is 0.354 e. The summed E-state index contributed by atoms with van der Waals surface area (Å²) >= 11 is 7.55. The van der Waals surface area contributed by atoms with Gasteiger partial charge < -0.3 is 10.2 Å². The van der Waals surface area contributed by atoms with Crippen molar-refractivity contribution in [2.75, 3.05) is 12.3 Å². The molecule has 2 rings (SSSR count). The van der Waals surface area contributed by atoms with Crippen LogP contribution in [0, 0.1) is 5.82 Å². The third-order valence-electron chi connectivity index (χ3n) is 4.91. The predicted molar refractivity (Wildman–Crippen MR) is 126 cm³/mol. The number of halogens is 2. The lowest BCUT2D eigenvalue weighted by Crippen LogP contribution is -2.47. The van der Waals surface area contributed by atoms with Crippen molar-refractivity contribution >= 4 is 35.2 Å². The van der Waals surface area contributed by atoms with Crippen molar-refractivity contribution in [2.45, 2.75) is 57.0 Å². The molecule has 0 bridgehead atoms. The first kappa shape index (κ1) is 25.2. The molecule has 0 aliphatic carbocycles. The summed E-state index contributed by atoms with van der Waals surface area (Å²) in [5, 5.41) is 3.56. The number of carbonyl (C=O) groups excluding carboxylic acids is 2. The van der Waals surface area contributed by atoms with Gasteiger partial charge in [-0.05, 0) is 55.9 Å². The first-order valence-electron chi connectivity index (χ1n) is 10.6. The van der Waals surface area contributed by atoms with E-state index in [1.165, 1.54) is 11.0 Å². The molecule has 0 aromatic heterocycles. The number of hydrogen-bond acceptors (Lipinski definition) is 3. The molecule has 0 unspecified atom stereocenters. The molecular formula is C24H30ClFN2O2S. The molecule has 0 fully saturated rings. The molecular weight excluding hydrogens is 435 g/mol. The molecule has 0 aliphatic rings. The van der Waals surface area contributed by atoms with E-state index in [0.29, 0.717) is 30.0 Å². The summed E-state index contributed by atoms with van der Waals surface area (Å²) in [5.74, 6) is 0.0156. The van der Waals surface area contributed by atoms with Crippen molar-refractivity contribution in [2.24, 2.45) is 0 Å². The van der Waals surface area contributed by atoms with Gasteiger partial charge >= 0.3 is 0 Å². The summed E-state index contributed by atoms with van der Waals surface area (Å²) in [6.07, 6.45) is 2.80. The quantitative estimate of drug-likeness (QED) is 0.324. The second kappa shape index (κ2) is 13.4. The lowest BCUT2D eigenvalue weighted by molar-refractivity contribution is -0.140. The molecule has 4 nitrogen and oxygen atoms in total. The fourth-order valence-electron chi connectivity index (χ4n) is 3.02. The normalized spacial score (nSPS) is 11.7. The van der Waals surface area contributed by atoms with Gasteiger partial charge in [0.05, 0.1) is 0 Å². The summed E-state index contributed by atoms with van der Waals surface area (Å²) in [5.41, 5.74) is 0.402. The molecule has 7 heteroatoms. The second-order valence-electron chi connectivity index (χ2n) is 7.34. The highest BCUT2D eigenvalue weighted by Crippen LogP contribution is 2.22. The van der Waals surface area contributed by atoms with E-state index in [9.17, 15) is 14.0 Å². The molecule has 0 radical (unpaired) electrons. The number of hydrogen-bond donors (Lipinski definition) is 1. The number of carbonyl (C=O) groups is 2. The van der Waals surface area contributed by atoms with Crippen molar-refractivity contribution in [1.82, 2.24) is 10.2 Å². The Labute approximate surface area is 193 Å². The van der Waals surface area contributed by atoms with Crippen LogP contribution in [0.2, 0.25) is 5.02 Å². The van der Waals surface area contributed by atoms with E-state index < -0.39 is 6.04 Å². The van der Waals surface area contributed by atoms with Gasteiger partial charge in [-0.1, -0.05) is 43.1 Å². The van der Waals surface area contributed by atoms with Crippen molar-refractivity contribution in [3.63, 3.8) is 0 Å². The molecule has 1 N–H and O–H groups in total. The lowest BCUT2D eigenvalue weighted by atomic mass is 10.1. The zero-order chi connectivity index (χ0) is 22.6. The van der Waals surface area contributed by atoms with E-state index in [2.05, 4.69) is 5.32 Å². The minimum absolute atomic E-state index is 0.0677. The van der Waals surface area contributed by atoms with Crippen LogP contribution < -0.4 is 5.32 Å². The molecule has 2 amide bonds. The Balaban J connectivity index is 1.98. The van der Waals surface area contributed by atoms with Crippen LogP contribution in [0.5, 0.6) is 0 Å². The van der Waals surface area contributed by atoms with E-state index in [-0.39, 0.29) is 24.2 Å². The highest BCUT2D eigenvalue weighted by molar-refractivity contribution is 7.99. The van der Waals surface area contributed by atoms with Crippen LogP contribution >= 0.6 is 23.4 Å². The molecule has 0 saturated carbocycles. The summed E-state index contributed by atoms with van der Waals surface area (Å²) in [6, 6.07) is 13.3. The van der Waals surface area contributed by atoms with E-state index in [1.807, 2.05) is 31.2 Å². The Hall–Kier alpha value is -2.05. The number of thioether (sulfide) groups is 1. The number of amides is 2. The standard InChI is InChI=1S/C24H30ClFN2O2S/c1-3-4-15-27-24(30)18(2)28(17-19-8-5-6-9-22(19)26)23(29)10-7-16-31-21-13-11-20(25)12-14-21/h5-6,8-9,11-14,18H,3-4,7,10,15-17H2,1-2H3,(H,27,30)/t18-/m0/s1. The third kappa shape index (κ3) is 8.54. The number of unbranched alkanes of at least 4 members (excludes halogenated alkanes) is 1. The average molecular weight is 465 g/mol. The molecule has 0 aliphatic heterocycles. The van der Waals surface area contributed by atoms with Crippen LogP contribution in [0.15, 0.2) is 53.4 Å². The SMILES string of the molecule is CCCCNC(=O)[C@H](C)N(Cc1ccccc1F)C(=O)CCCSc1ccc(Cl)cc1. The van der Waals surface area contributed by atoms with Gasteiger partial charge in [0.15, 0.2) is 0 Å². The molecule has 0 saturated heterocycles. The van der Waals surface area contributed by atoms with Crippen LogP contribution in [0.1, 0.15) is 45.1 Å². The fraction of sp³-hybridized carbons (Fsp3) is 0.417. The van der Waals surface area contributed by atoms with Crippen LogP contribution in [0.25, 0.3) is 0 Å². The monoisotopic (exact) mass is 464 g/mol. The van der Waals surface area contributed by atoms with Crippen molar-refractivity contribution in [3.8, 4) is 0 Å². The van der Waals surface area contributed by atoms with Gasteiger partial charge in [-0.25, -0.2) is 4.39 Å². The summed E-state index contributed by atoms with van der Waals surface area (Å²) in [4.78, 5) is 28.1. The third-order valence-corrected chi connectivity index (χ3v) is 6.26. The molecule has 1 atom stereocenters. The van der Waals surface area contributed by atoms with Crippen molar-refractivity contribution in [3.05, 3.63) is 64.9 Å². The number of nitrogens with zero attached hydrogens (tertiary/aromatic N) is 1.